The van der Waals surface area contributed by atoms with Crippen LogP contribution in [0.5, 0.6) is 0 Å². The summed E-state index contributed by atoms with van der Waals surface area (Å²) in [6.07, 6.45) is 5.62. The molecule has 1 aliphatic carbocycles. The lowest BCUT2D eigenvalue weighted by Crippen LogP contribution is -2.56. The lowest BCUT2D eigenvalue weighted by Gasteiger charge is -2.48. The molecule has 0 unspecified atom stereocenters. The SMILES string of the molecule is C=Cc1c(N2CCN(C3CC(OC4CCN(C(=O)OC(C)(C)C)CC4)C3)CC2)ccc2c1C(=O)N([C@@H]1CCC(=O)NC1=O)C2=O. The number of benzene rings is 1. The molecule has 1 N–H and O–H groups in total. The largest absolute Gasteiger partial charge is 0.444 e. The Labute approximate surface area is 263 Å². The van der Waals surface area contributed by atoms with Gasteiger partial charge in [-0.1, -0.05) is 12.7 Å². The fourth-order valence-corrected chi connectivity index (χ4v) is 7.10. The third-order valence-corrected chi connectivity index (χ3v) is 9.55. The van der Waals surface area contributed by atoms with E-state index >= 15 is 0 Å². The summed E-state index contributed by atoms with van der Waals surface area (Å²) < 4.78 is 11.9. The van der Waals surface area contributed by atoms with Gasteiger partial charge in [0.05, 0.1) is 23.3 Å². The Morgan fingerprint density at radius 3 is 2.24 bits per heavy atom. The van der Waals surface area contributed by atoms with Gasteiger partial charge in [-0.3, -0.25) is 34.3 Å². The number of carbonyl (C=O) groups is 5. The summed E-state index contributed by atoms with van der Waals surface area (Å²) in [5.41, 5.74) is 1.49. The highest BCUT2D eigenvalue weighted by atomic mass is 16.6. The molecule has 1 saturated carbocycles. The molecule has 3 saturated heterocycles. The van der Waals surface area contributed by atoms with Crippen LogP contribution in [0.2, 0.25) is 0 Å². The fourth-order valence-electron chi connectivity index (χ4n) is 7.10. The van der Waals surface area contributed by atoms with E-state index in [1.165, 1.54) is 0 Å². The van der Waals surface area contributed by atoms with Gasteiger partial charge in [0.25, 0.3) is 11.8 Å². The number of hydrogen-bond donors (Lipinski definition) is 1. The second kappa shape index (κ2) is 12.2. The topological polar surface area (TPSA) is 129 Å². The maximum Gasteiger partial charge on any atom is 0.410 e. The molecule has 5 aliphatic rings. The Kier molecular flexibility index (Phi) is 8.47. The van der Waals surface area contributed by atoms with Gasteiger partial charge in [-0.05, 0) is 65.0 Å². The highest BCUT2D eigenvalue weighted by molar-refractivity contribution is 6.25. The van der Waals surface area contributed by atoms with Gasteiger partial charge < -0.3 is 19.3 Å². The number of amides is 5. The number of rotatable bonds is 6. The van der Waals surface area contributed by atoms with E-state index in [1.54, 1.807) is 17.0 Å². The van der Waals surface area contributed by atoms with E-state index in [0.717, 1.165) is 62.4 Å². The Morgan fingerprint density at radius 1 is 0.933 bits per heavy atom. The molecule has 4 fully saturated rings. The first kappa shape index (κ1) is 31.2. The Balaban J connectivity index is 1.000. The predicted octanol–water partition coefficient (Wildman–Crippen LogP) is 2.80. The molecule has 0 aromatic heterocycles. The van der Waals surface area contributed by atoms with E-state index in [4.69, 9.17) is 9.47 Å². The Hall–Kier alpha value is -3.77. The van der Waals surface area contributed by atoms with Crippen LogP contribution in [0, 0.1) is 0 Å². The number of carbonyl (C=O) groups excluding carboxylic acids is 5. The van der Waals surface area contributed by atoms with Crippen molar-refractivity contribution in [2.75, 3.05) is 44.2 Å². The van der Waals surface area contributed by atoms with Crippen LogP contribution >= 0.6 is 0 Å². The minimum Gasteiger partial charge on any atom is -0.444 e. The molecule has 0 bridgehead atoms. The van der Waals surface area contributed by atoms with E-state index in [9.17, 15) is 24.0 Å². The summed E-state index contributed by atoms with van der Waals surface area (Å²) in [6.45, 7) is 14.2. The van der Waals surface area contributed by atoms with Gasteiger partial charge in [-0.25, -0.2) is 4.79 Å². The van der Waals surface area contributed by atoms with E-state index in [2.05, 4.69) is 21.7 Å². The van der Waals surface area contributed by atoms with Gasteiger partial charge >= 0.3 is 6.09 Å². The van der Waals surface area contributed by atoms with E-state index in [-0.39, 0.29) is 42.3 Å². The summed E-state index contributed by atoms with van der Waals surface area (Å²) in [7, 11) is 0. The smallest absolute Gasteiger partial charge is 0.410 e. The molecule has 242 valence electrons. The van der Waals surface area contributed by atoms with Crippen LogP contribution in [0.15, 0.2) is 18.7 Å². The van der Waals surface area contributed by atoms with Crippen molar-refractivity contribution in [3.05, 3.63) is 35.4 Å². The van der Waals surface area contributed by atoms with E-state index < -0.39 is 35.3 Å². The summed E-state index contributed by atoms with van der Waals surface area (Å²) in [6, 6.07) is 3.01. The normalized spacial score (nSPS) is 26.5. The van der Waals surface area contributed by atoms with Gasteiger partial charge in [0, 0.05) is 63.0 Å². The van der Waals surface area contributed by atoms with Gasteiger partial charge in [0.2, 0.25) is 11.8 Å². The van der Waals surface area contributed by atoms with Crippen LogP contribution in [0.1, 0.15) is 85.6 Å². The molecule has 12 heteroatoms. The number of likely N-dealkylation sites (tertiary alicyclic amines) is 1. The molecule has 0 radical (unpaired) electrons. The fraction of sp³-hybridized carbons (Fsp3) is 0.606. The molecule has 6 rings (SSSR count). The highest BCUT2D eigenvalue weighted by Crippen LogP contribution is 2.37. The summed E-state index contributed by atoms with van der Waals surface area (Å²) in [5, 5.41) is 2.24. The van der Waals surface area contributed by atoms with Crippen molar-refractivity contribution in [3.8, 4) is 0 Å². The van der Waals surface area contributed by atoms with Crippen molar-refractivity contribution < 1.29 is 33.4 Å². The Bertz CT molecular complexity index is 1400. The molecule has 0 spiro atoms. The number of nitrogens with one attached hydrogen (secondary N) is 1. The lowest BCUT2D eigenvalue weighted by molar-refractivity contribution is -0.136. The molecule has 5 amide bonds. The standard InChI is InChI=1S/C33H43N5O7/c1-5-23-25(7-6-24-28(23)31(42)38(30(24)41)26-8-9-27(39)34-29(26)40)36-16-14-35(15-17-36)20-18-22(19-20)44-21-10-12-37(13-11-21)32(43)45-33(2,3)4/h5-7,20-22,26H,1,8-19H2,2-4H3,(H,34,39,40)/t20?,22?,26-/m1/s1. The highest BCUT2D eigenvalue weighted by Gasteiger charge is 2.46. The first-order valence-corrected chi connectivity index (χ1v) is 16.1. The van der Waals surface area contributed by atoms with Crippen molar-refractivity contribution in [3.63, 3.8) is 0 Å². The third kappa shape index (κ3) is 6.22. The second-order valence-electron chi connectivity index (χ2n) is 13.6. The van der Waals surface area contributed by atoms with Crippen LogP contribution < -0.4 is 10.2 Å². The van der Waals surface area contributed by atoms with Crippen molar-refractivity contribution in [2.24, 2.45) is 0 Å². The second-order valence-corrected chi connectivity index (χ2v) is 13.6. The van der Waals surface area contributed by atoms with E-state index in [0.29, 0.717) is 24.7 Å². The summed E-state index contributed by atoms with van der Waals surface area (Å²) in [5.74, 6) is -2.05. The van der Waals surface area contributed by atoms with Gasteiger partial charge in [0.1, 0.15) is 11.6 Å². The quantitative estimate of drug-likeness (QED) is 0.477. The number of ether oxygens (including phenoxy) is 2. The molecule has 1 aromatic carbocycles. The lowest BCUT2D eigenvalue weighted by atomic mass is 9.87. The zero-order valence-electron chi connectivity index (χ0n) is 26.4. The predicted molar refractivity (Wildman–Crippen MR) is 166 cm³/mol. The first-order valence-electron chi connectivity index (χ1n) is 16.1. The molecule has 1 atom stereocenters. The first-order chi connectivity index (χ1) is 21.4. The zero-order chi connectivity index (χ0) is 32.0. The van der Waals surface area contributed by atoms with Gasteiger partial charge in [0.15, 0.2) is 0 Å². The number of piperidine rings is 2. The molecule has 4 heterocycles. The number of hydrogen-bond acceptors (Lipinski definition) is 9. The monoisotopic (exact) mass is 621 g/mol. The summed E-state index contributed by atoms with van der Waals surface area (Å²) in [4.78, 5) is 70.7. The zero-order valence-corrected chi connectivity index (χ0v) is 26.4. The average molecular weight is 622 g/mol. The third-order valence-electron chi connectivity index (χ3n) is 9.55. The number of piperazine rings is 1. The van der Waals surface area contributed by atoms with Crippen molar-refractivity contribution in [1.29, 1.82) is 0 Å². The minimum atomic E-state index is -1.000. The van der Waals surface area contributed by atoms with Crippen molar-refractivity contribution in [2.45, 2.75) is 89.2 Å². The molecule has 45 heavy (non-hydrogen) atoms. The molecular weight excluding hydrogens is 578 g/mol. The van der Waals surface area contributed by atoms with Crippen LogP contribution in [0.3, 0.4) is 0 Å². The number of nitrogens with zero attached hydrogens (tertiary/aromatic N) is 4. The molecule has 12 nitrogen and oxygen atoms in total. The van der Waals surface area contributed by atoms with Crippen LogP contribution in [0.4, 0.5) is 10.5 Å². The number of anilines is 1. The van der Waals surface area contributed by atoms with Gasteiger partial charge in [-0.15, -0.1) is 0 Å². The van der Waals surface area contributed by atoms with Crippen molar-refractivity contribution >= 4 is 41.5 Å². The molecule has 1 aromatic rings. The summed E-state index contributed by atoms with van der Waals surface area (Å²) >= 11 is 0. The maximum absolute atomic E-state index is 13.5. The minimum absolute atomic E-state index is 0.0801. The Morgan fingerprint density at radius 2 is 1.62 bits per heavy atom. The maximum atomic E-state index is 13.5. The average Bonchev–Trinajstić information content (AvgIpc) is 3.23. The van der Waals surface area contributed by atoms with Crippen molar-refractivity contribution in [1.82, 2.24) is 20.0 Å². The number of imide groups is 2. The molecular formula is C33H43N5O7. The molecule has 4 aliphatic heterocycles. The van der Waals surface area contributed by atoms with Crippen LogP contribution in [0.25, 0.3) is 6.08 Å². The van der Waals surface area contributed by atoms with Crippen LogP contribution in [-0.2, 0) is 19.1 Å². The van der Waals surface area contributed by atoms with Crippen LogP contribution in [-0.4, -0.2) is 114 Å². The number of fused-ring (bicyclic) bond motifs is 1. The van der Waals surface area contributed by atoms with Gasteiger partial charge in [-0.2, -0.15) is 0 Å². The van der Waals surface area contributed by atoms with E-state index in [1.807, 2.05) is 26.8 Å².